The van der Waals surface area contributed by atoms with Crippen LogP contribution in [-0.4, -0.2) is 30.6 Å². The largest absolute Gasteiger partial charge is 0.493 e. The van der Waals surface area contributed by atoms with Crippen molar-refractivity contribution in [1.82, 2.24) is 5.16 Å². The molecule has 2 aliphatic rings. The van der Waals surface area contributed by atoms with Crippen LogP contribution in [0.3, 0.4) is 0 Å². The highest BCUT2D eigenvalue weighted by molar-refractivity contribution is 5.97. The number of ketones is 1. The Morgan fingerprint density at radius 2 is 1.84 bits per heavy atom. The summed E-state index contributed by atoms with van der Waals surface area (Å²) in [5, 5.41) is 3.71. The van der Waals surface area contributed by atoms with E-state index in [1.54, 1.807) is 6.92 Å². The molecule has 0 unspecified atom stereocenters. The van der Waals surface area contributed by atoms with E-state index in [0.717, 1.165) is 31.4 Å². The second-order valence-corrected chi connectivity index (χ2v) is 9.34. The number of aromatic nitrogens is 1. The summed E-state index contributed by atoms with van der Waals surface area (Å²) >= 11 is 0. The second-order valence-electron chi connectivity index (χ2n) is 9.34. The van der Waals surface area contributed by atoms with Crippen LogP contribution in [0.2, 0.25) is 0 Å². The number of hydrogen-bond donors (Lipinski definition) is 0. The first-order chi connectivity index (χ1) is 15.6. The molecule has 166 valence electrons. The maximum atomic E-state index is 12.5. The van der Waals surface area contributed by atoms with Gasteiger partial charge in [0.1, 0.15) is 11.5 Å². The normalized spacial score (nSPS) is 17.1. The Kier molecular flexibility index (Phi) is 5.73. The number of carbonyl (C=O) groups is 1. The molecule has 1 saturated heterocycles. The third kappa shape index (κ3) is 4.57. The predicted octanol–water partition coefficient (Wildman–Crippen LogP) is 5.75. The van der Waals surface area contributed by atoms with Gasteiger partial charge in [-0.3, -0.25) is 4.79 Å². The molecule has 2 fully saturated rings. The lowest BCUT2D eigenvalue weighted by Gasteiger charge is -2.41. The van der Waals surface area contributed by atoms with Crippen LogP contribution in [0.1, 0.15) is 65.3 Å². The van der Waals surface area contributed by atoms with Crippen molar-refractivity contribution in [2.45, 2.75) is 44.9 Å². The zero-order valence-corrected chi connectivity index (χ0v) is 18.8. The molecule has 1 saturated carbocycles. The van der Waals surface area contributed by atoms with E-state index in [9.17, 15) is 4.79 Å². The van der Waals surface area contributed by atoms with Gasteiger partial charge in [-0.2, -0.15) is 0 Å². The lowest BCUT2D eigenvalue weighted by atomic mass is 9.88. The van der Waals surface area contributed by atoms with Crippen molar-refractivity contribution in [2.24, 2.45) is 5.92 Å². The molecule has 0 spiro atoms. The standard InChI is InChI=1S/C27H30N2O3/c1-18(13-27(30)26-14-28-32-19(26)2)21-5-7-22(8-6-21)23-15-29(16-23)24-9-11-25(12-10-24)31-17-20-3-4-20/h5-12,14,18,20,23H,3-4,13,15-17H2,1-2H3/t18-/m1/s1. The van der Waals surface area contributed by atoms with Crippen LogP contribution in [0.15, 0.2) is 59.3 Å². The number of Topliss-reactive ketones (excluding diaryl/α,β-unsaturated/α-hetero) is 1. The van der Waals surface area contributed by atoms with E-state index in [1.807, 2.05) is 0 Å². The van der Waals surface area contributed by atoms with Crippen molar-refractivity contribution in [3.8, 4) is 5.75 Å². The first-order valence-corrected chi connectivity index (χ1v) is 11.6. The molecule has 5 rings (SSSR count). The molecule has 2 aromatic carbocycles. The summed E-state index contributed by atoms with van der Waals surface area (Å²) in [7, 11) is 0. The fraction of sp³-hybridized carbons (Fsp3) is 0.407. The molecule has 5 nitrogen and oxygen atoms in total. The number of carbonyl (C=O) groups excluding carboxylic acids is 1. The van der Waals surface area contributed by atoms with E-state index in [-0.39, 0.29) is 11.7 Å². The van der Waals surface area contributed by atoms with E-state index >= 15 is 0 Å². The Bertz CT molecular complexity index is 1060. The van der Waals surface area contributed by atoms with Gasteiger partial charge in [-0.15, -0.1) is 0 Å². The van der Waals surface area contributed by atoms with Crippen molar-refractivity contribution >= 4 is 11.5 Å². The summed E-state index contributed by atoms with van der Waals surface area (Å²) in [4.78, 5) is 14.9. The van der Waals surface area contributed by atoms with Crippen LogP contribution in [0, 0.1) is 12.8 Å². The summed E-state index contributed by atoms with van der Waals surface area (Å²) < 4.78 is 10.9. The van der Waals surface area contributed by atoms with Crippen LogP contribution in [0.5, 0.6) is 5.75 Å². The van der Waals surface area contributed by atoms with Crippen LogP contribution < -0.4 is 9.64 Å². The van der Waals surface area contributed by atoms with Crippen molar-refractivity contribution < 1.29 is 14.1 Å². The maximum absolute atomic E-state index is 12.5. The molecule has 0 radical (unpaired) electrons. The molecule has 5 heteroatoms. The molecular weight excluding hydrogens is 400 g/mol. The van der Waals surface area contributed by atoms with Gasteiger partial charge in [-0.05, 0) is 67.0 Å². The van der Waals surface area contributed by atoms with Crippen molar-refractivity contribution in [3.63, 3.8) is 0 Å². The lowest BCUT2D eigenvalue weighted by Crippen LogP contribution is -2.45. The SMILES string of the molecule is Cc1oncc1C(=O)C[C@@H](C)c1ccc(C2CN(c3ccc(OCC4CC4)cc3)C2)cc1. The van der Waals surface area contributed by atoms with Crippen molar-refractivity contribution in [2.75, 3.05) is 24.6 Å². The summed E-state index contributed by atoms with van der Waals surface area (Å²) in [6.07, 6.45) is 4.60. The highest BCUT2D eigenvalue weighted by Gasteiger charge is 2.28. The molecule has 1 aliphatic carbocycles. The Labute approximate surface area is 189 Å². The van der Waals surface area contributed by atoms with Gasteiger partial charge in [0.25, 0.3) is 0 Å². The number of rotatable bonds is 9. The second kappa shape index (κ2) is 8.81. The Balaban J connectivity index is 1.12. The van der Waals surface area contributed by atoms with E-state index in [0.29, 0.717) is 23.7 Å². The van der Waals surface area contributed by atoms with Gasteiger partial charge in [0, 0.05) is 31.1 Å². The molecule has 0 bridgehead atoms. The monoisotopic (exact) mass is 430 g/mol. The minimum Gasteiger partial charge on any atom is -0.493 e. The lowest BCUT2D eigenvalue weighted by molar-refractivity contribution is 0.0974. The molecular formula is C27H30N2O3. The minimum atomic E-state index is 0.0823. The third-order valence-corrected chi connectivity index (χ3v) is 6.79. The smallest absolute Gasteiger partial charge is 0.168 e. The fourth-order valence-electron chi connectivity index (χ4n) is 4.32. The van der Waals surface area contributed by atoms with Crippen LogP contribution in [0.25, 0.3) is 0 Å². The molecule has 2 heterocycles. The maximum Gasteiger partial charge on any atom is 0.168 e. The summed E-state index contributed by atoms with van der Waals surface area (Å²) in [5.74, 6) is 3.13. The van der Waals surface area contributed by atoms with Crippen molar-refractivity contribution in [3.05, 3.63) is 77.2 Å². The number of aryl methyl sites for hydroxylation is 1. The zero-order chi connectivity index (χ0) is 22.1. The minimum absolute atomic E-state index is 0.0823. The molecule has 0 N–H and O–H groups in total. The van der Waals surface area contributed by atoms with Crippen LogP contribution in [-0.2, 0) is 0 Å². The van der Waals surface area contributed by atoms with Gasteiger partial charge in [0.05, 0.1) is 18.4 Å². The number of nitrogens with zero attached hydrogens (tertiary/aromatic N) is 2. The summed E-state index contributed by atoms with van der Waals surface area (Å²) in [6, 6.07) is 17.3. The van der Waals surface area contributed by atoms with Crippen LogP contribution >= 0.6 is 0 Å². The number of benzene rings is 2. The Hall–Kier alpha value is -3.08. The first-order valence-electron chi connectivity index (χ1n) is 11.6. The van der Waals surface area contributed by atoms with E-state index < -0.39 is 0 Å². The van der Waals surface area contributed by atoms with E-state index in [4.69, 9.17) is 9.26 Å². The number of ether oxygens (including phenoxy) is 1. The average Bonchev–Trinajstić information content (AvgIpc) is 3.50. The van der Waals surface area contributed by atoms with Gasteiger partial charge in [-0.25, -0.2) is 0 Å². The molecule has 1 aliphatic heterocycles. The molecule has 0 amide bonds. The van der Waals surface area contributed by atoms with Gasteiger partial charge in [-0.1, -0.05) is 36.3 Å². The third-order valence-electron chi connectivity index (χ3n) is 6.79. The predicted molar refractivity (Wildman–Crippen MR) is 125 cm³/mol. The highest BCUT2D eigenvalue weighted by Crippen LogP contribution is 2.34. The van der Waals surface area contributed by atoms with Gasteiger partial charge >= 0.3 is 0 Å². The fourth-order valence-corrected chi connectivity index (χ4v) is 4.32. The molecule has 1 atom stereocenters. The topological polar surface area (TPSA) is 55.6 Å². The molecule has 3 aromatic rings. The Morgan fingerprint density at radius 3 is 2.47 bits per heavy atom. The average molecular weight is 431 g/mol. The van der Waals surface area contributed by atoms with Gasteiger partial charge in [0.2, 0.25) is 0 Å². The van der Waals surface area contributed by atoms with Gasteiger partial charge in [0.15, 0.2) is 5.78 Å². The van der Waals surface area contributed by atoms with E-state index in [1.165, 1.54) is 35.9 Å². The number of hydrogen-bond acceptors (Lipinski definition) is 5. The number of anilines is 1. The van der Waals surface area contributed by atoms with Gasteiger partial charge < -0.3 is 14.2 Å². The van der Waals surface area contributed by atoms with Crippen LogP contribution in [0.4, 0.5) is 5.69 Å². The molecule has 32 heavy (non-hydrogen) atoms. The summed E-state index contributed by atoms with van der Waals surface area (Å²) in [5.41, 5.74) is 4.40. The quantitative estimate of drug-likeness (QED) is 0.405. The molecule has 1 aromatic heterocycles. The zero-order valence-electron chi connectivity index (χ0n) is 18.8. The first kappa shape index (κ1) is 20.8. The van der Waals surface area contributed by atoms with E-state index in [2.05, 4.69) is 65.5 Å². The summed E-state index contributed by atoms with van der Waals surface area (Å²) in [6.45, 7) is 6.79. The Morgan fingerprint density at radius 1 is 1.12 bits per heavy atom. The van der Waals surface area contributed by atoms with Crippen molar-refractivity contribution in [1.29, 1.82) is 0 Å². The highest BCUT2D eigenvalue weighted by atomic mass is 16.5.